The SMILES string of the molecule is CC1CCC(c2[nH]ncc2C(=O)O)CC1. The molecule has 0 unspecified atom stereocenters. The average Bonchev–Trinajstić information content (AvgIpc) is 2.67. The van der Waals surface area contributed by atoms with Gasteiger partial charge in [0.15, 0.2) is 0 Å². The van der Waals surface area contributed by atoms with Gasteiger partial charge in [-0.15, -0.1) is 0 Å². The maximum Gasteiger partial charge on any atom is 0.339 e. The molecule has 0 bridgehead atoms. The van der Waals surface area contributed by atoms with Gasteiger partial charge >= 0.3 is 5.97 Å². The second-order valence-corrected chi connectivity index (χ2v) is 4.46. The average molecular weight is 208 g/mol. The molecule has 4 nitrogen and oxygen atoms in total. The highest BCUT2D eigenvalue weighted by Gasteiger charge is 2.25. The monoisotopic (exact) mass is 208 g/mol. The predicted octanol–water partition coefficient (Wildman–Crippen LogP) is 2.40. The van der Waals surface area contributed by atoms with Crippen molar-refractivity contribution in [1.82, 2.24) is 10.2 Å². The number of nitrogens with zero attached hydrogens (tertiary/aromatic N) is 1. The number of rotatable bonds is 2. The van der Waals surface area contributed by atoms with E-state index in [1.807, 2.05) is 0 Å². The number of aromatic carboxylic acids is 1. The van der Waals surface area contributed by atoms with E-state index in [0.29, 0.717) is 11.5 Å². The molecule has 0 aliphatic heterocycles. The number of H-pyrrole nitrogens is 1. The molecule has 1 heterocycles. The molecule has 1 aromatic rings. The Hall–Kier alpha value is -1.32. The van der Waals surface area contributed by atoms with Crippen molar-refractivity contribution >= 4 is 5.97 Å². The third-order valence-corrected chi connectivity index (χ3v) is 3.32. The fourth-order valence-electron chi connectivity index (χ4n) is 2.33. The van der Waals surface area contributed by atoms with Crippen LogP contribution in [-0.4, -0.2) is 21.3 Å². The fraction of sp³-hybridized carbons (Fsp3) is 0.636. The van der Waals surface area contributed by atoms with Crippen LogP contribution in [0.1, 0.15) is 54.6 Å². The summed E-state index contributed by atoms with van der Waals surface area (Å²) in [5, 5.41) is 15.6. The summed E-state index contributed by atoms with van der Waals surface area (Å²) in [6, 6.07) is 0. The molecule has 2 N–H and O–H groups in total. The first kappa shape index (κ1) is 10.2. The van der Waals surface area contributed by atoms with Gasteiger partial charge in [0, 0.05) is 5.92 Å². The molecule has 0 atom stereocenters. The minimum absolute atomic E-state index is 0.342. The van der Waals surface area contributed by atoms with Crippen LogP contribution in [-0.2, 0) is 0 Å². The van der Waals surface area contributed by atoms with E-state index in [4.69, 9.17) is 5.11 Å². The van der Waals surface area contributed by atoms with Crippen LogP contribution in [0.4, 0.5) is 0 Å². The molecule has 15 heavy (non-hydrogen) atoms. The zero-order chi connectivity index (χ0) is 10.8. The summed E-state index contributed by atoms with van der Waals surface area (Å²) in [5.74, 6) is 0.254. The number of nitrogens with one attached hydrogen (secondary N) is 1. The molecule has 2 rings (SSSR count). The topological polar surface area (TPSA) is 66.0 Å². The lowest BCUT2D eigenvalue weighted by Gasteiger charge is -2.25. The molecule has 1 aliphatic rings. The number of aromatic amines is 1. The van der Waals surface area contributed by atoms with E-state index in [-0.39, 0.29) is 0 Å². The normalized spacial score (nSPS) is 26.5. The van der Waals surface area contributed by atoms with Crippen LogP contribution in [0, 0.1) is 5.92 Å². The molecule has 82 valence electrons. The quantitative estimate of drug-likeness (QED) is 0.784. The zero-order valence-electron chi connectivity index (χ0n) is 8.86. The van der Waals surface area contributed by atoms with Crippen molar-refractivity contribution in [2.75, 3.05) is 0 Å². The first-order valence-corrected chi connectivity index (χ1v) is 5.45. The van der Waals surface area contributed by atoms with E-state index in [9.17, 15) is 4.79 Å². The van der Waals surface area contributed by atoms with Gasteiger partial charge in [-0.3, -0.25) is 5.10 Å². The largest absolute Gasteiger partial charge is 0.478 e. The smallest absolute Gasteiger partial charge is 0.339 e. The second kappa shape index (κ2) is 4.04. The van der Waals surface area contributed by atoms with E-state index >= 15 is 0 Å². The second-order valence-electron chi connectivity index (χ2n) is 4.46. The molecular weight excluding hydrogens is 192 g/mol. The van der Waals surface area contributed by atoms with Crippen LogP contribution in [0.25, 0.3) is 0 Å². The Bertz CT molecular complexity index is 351. The van der Waals surface area contributed by atoms with Crippen molar-refractivity contribution < 1.29 is 9.90 Å². The molecule has 1 saturated carbocycles. The third-order valence-electron chi connectivity index (χ3n) is 3.32. The Morgan fingerprint density at radius 2 is 2.13 bits per heavy atom. The molecule has 0 saturated heterocycles. The van der Waals surface area contributed by atoms with Crippen LogP contribution < -0.4 is 0 Å². The lowest BCUT2D eigenvalue weighted by Crippen LogP contribution is -2.13. The van der Waals surface area contributed by atoms with Crippen molar-refractivity contribution in [1.29, 1.82) is 0 Å². The van der Waals surface area contributed by atoms with E-state index < -0.39 is 5.97 Å². The number of carboxylic acids is 1. The van der Waals surface area contributed by atoms with Gasteiger partial charge in [0.2, 0.25) is 0 Å². The molecule has 1 aliphatic carbocycles. The summed E-state index contributed by atoms with van der Waals surface area (Å²) in [7, 11) is 0. The highest BCUT2D eigenvalue weighted by Crippen LogP contribution is 2.35. The summed E-state index contributed by atoms with van der Waals surface area (Å²) >= 11 is 0. The molecule has 1 aromatic heterocycles. The molecular formula is C11H16N2O2. The standard InChI is InChI=1S/C11H16N2O2/c1-7-2-4-8(5-3-7)10-9(11(14)15)6-12-13-10/h6-8H,2-5H2,1H3,(H,12,13)(H,14,15). The summed E-state index contributed by atoms with van der Waals surface area (Å²) in [4.78, 5) is 10.9. The van der Waals surface area contributed by atoms with E-state index in [2.05, 4.69) is 17.1 Å². The van der Waals surface area contributed by atoms with Gasteiger partial charge < -0.3 is 5.11 Å². The zero-order valence-corrected chi connectivity index (χ0v) is 8.86. The van der Waals surface area contributed by atoms with E-state index in [1.54, 1.807) is 0 Å². The van der Waals surface area contributed by atoms with Crippen LogP contribution >= 0.6 is 0 Å². The van der Waals surface area contributed by atoms with Gasteiger partial charge in [-0.1, -0.05) is 19.8 Å². The van der Waals surface area contributed by atoms with Crippen LogP contribution in [0.2, 0.25) is 0 Å². The fourth-order valence-corrected chi connectivity index (χ4v) is 2.33. The van der Waals surface area contributed by atoms with E-state index in [0.717, 1.165) is 24.5 Å². The molecule has 0 spiro atoms. The van der Waals surface area contributed by atoms with Crippen molar-refractivity contribution in [2.45, 2.75) is 38.5 Å². The van der Waals surface area contributed by atoms with Crippen molar-refractivity contribution in [3.8, 4) is 0 Å². The molecule has 4 heteroatoms. The third kappa shape index (κ3) is 2.03. The number of hydrogen-bond acceptors (Lipinski definition) is 2. The number of carboxylic acid groups (broad SMARTS) is 1. The van der Waals surface area contributed by atoms with Gasteiger partial charge in [-0.05, 0) is 18.8 Å². The van der Waals surface area contributed by atoms with Gasteiger partial charge in [-0.2, -0.15) is 5.10 Å². The van der Waals surface area contributed by atoms with Gasteiger partial charge in [0.25, 0.3) is 0 Å². The molecule has 0 aromatic carbocycles. The Kier molecular flexibility index (Phi) is 2.75. The Morgan fingerprint density at radius 3 is 2.73 bits per heavy atom. The summed E-state index contributed by atoms with van der Waals surface area (Å²) in [5.41, 5.74) is 1.16. The van der Waals surface area contributed by atoms with Crippen molar-refractivity contribution in [3.05, 3.63) is 17.5 Å². The summed E-state index contributed by atoms with van der Waals surface area (Å²) < 4.78 is 0. The number of aromatic nitrogens is 2. The lowest BCUT2D eigenvalue weighted by atomic mass is 9.80. The maximum absolute atomic E-state index is 10.9. The molecule has 1 fully saturated rings. The molecule has 0 radical (unpaired) electrons. The maximum atomic E-state index is 10.9. The first-order chi connectivity index (χ1) is 7.18. The highest BCUT2D eigenvalue weighted by molar-refractivity contribution is 5.88. The van der Waals surface area contributed by atoms with Gasteiger partial charge in [0.1, 0.15) is 5.56 Å². The van der Waals surface area contributed by atoms with Crippen molar-refractivity contribution in [2.24, 2.45) is 5.92 Å². The minimum atomic E-state index is -0.877. The predicted molar refractivity (Wildman–Crippen MR) is 55.9 cm³/mol. The van der Waals surface area contributed by atoms with Crippen LogP contribution in [0.5, 0.6) is 0 Å². The van der Waals surface area contributed by atoms with Gasteiger partial charge in [-0.25, -0.2) is 4.79 Å². The van der Waals surface area contributed by atoms with Crippen LogP contribution in [0.15, 0.2) is 6.20 Å². The first-order valence-electron chi connectivity index (χ1n) is 5.45. The van der Waals surface area contributed by atoms with E-state index in [1.165, 1.54) is 19.0 Å². The van der Waals surface area contributed by atoms with Crippen molar-refractivity contribution in [3.63, 3.8) is 0 Å². The molecule has 0 amide bonds. The van der Waals surface area contributed by atoms with Crippen LogP contribution in [0.3, 0.4) is 0 Å². The summed E-state index contributed by atoms with van der Waals surface area (Å²) in [6.45, 7) is 2.25. The van der Waals surface area contributed by atoms with Gasteiger partial charge in [0.05, 0.1) is 11.9 Å². The number of hydrogen-bond donors (Lipinski definition) is 2. The number of carbonyl (C=O) groups is 1. The lowest BCUT2D eigenvalue weighted by molar-refractivity contribution is 0.0694. The summed E-state index contributed by atoms with van der Waals surface area (Å²) in [6.07, 6.45) is 5.93. The Morgan fingerprint density at radius 1 is 1.47 bits per heavy atom. The minimum Gasteiger partial charge on any atom is -0.478 e. The Balaban J connectivity index is 2.15. The Labute approximate surface area is 88.7 Å². The highest BCUT2D eigenvalue weighted by atomic mass is 16.4.